The van der Waals surface area contributed by atoms with Gasteiger partial charge in [0, 0.05) is 32.4 Å². The summed E-state index contributed by atoms with van der Waals surface area (Å²) in [4.78, 5) is 50.5. The van der Waals surface area contributed by atoms with Crippen molar-refractivity contribution in [3.63, 3.8) is 0 Å². The van der Waals surface area contributed by atoms with Crippen LogP contribution in [0.4, 0.5) is 0 Å². The number of imide groups is 1. The number of carbonyl (C=O) groups excluding carboxylic acids is 4. The Morgan fingerprint density at radius 3 is 2.39 bits per heavy atom. The maximum Gasteiger partial charge on any atom is 0.247 e. The number of ketones is 1. The molecule has 1 N–H and O–H groups in total. The van der Waals surface area contributed by atoms with Gasteiger partial charge in [0.15, 0.2) is 5.78 Å². The van der Waals surface area contributed by atoms with Gasteiger partial charge in [-0.3, -0.25) is 29.5 Å². The Morgan fingerprint density at radius 1 is 1.09 bits per heavy atom. The smallest absolute Gasteiger partial charge is 0.247 e. The molecule has 3 aliphatic rings. The number of amides is 3. The first-order chi connectivity index (χ1) is 11.1. The van der Waals surface area contributed by atoms with Gasteiger partial charge in [-0.15, -0.1) is 0 Å². The highest BCUT2D eigenvalue weighted by molar-refractivity contribution is 6.42. The third-order valence-corrected chi connectivity index (χ3v) is 4.50. The van der Waals surface area contributed by atoms with E-state index in [1.54, 1.807) is 4.90 Å². The lowest BCUT2D eigenvalue weighted by molar-refractivity contribution is -0.140. The molecule has 0 aromatic heterocycles. The van der Waals surface area contributed by atoms with Crippen LogP contribution in [0.3, 0.4) is 0 Å². The topological polar surface area (TPSA) is 99.1 Å². The minimum Gasteiger partial charge on any atom is -0.341 e. The summed E-state index contributed by atoms with van der Waals surface area (Å²) in [6.45, 7) is 1.22. The van der Waals surface area contributed by atoms with Crippen molar-refractivity contribution >= 4 is 29.2 Å². The van der Waals surface area contributed by atoms with E-state index in [-0.39, 0.29) is 55.0 Å². The molecule has 0 aliphatic carbocycles. The molecule has 3 heterocycles. The van der Waals surface area contributed by atoms with Gasteiger partial charge in [0.2, 0.25) is 17.7 Å². The van der Waals surface area contributed by atoms with Gasteiger partial charge in [0.25, 0.3) is 0 Å². The fourth-order valence-electron chi connectivity index (χ4n) is 3.13. The number of nitrogens with zero attached hydrogens (tertiary/aromatic N) is 3. The lowest BCUT2D eigenvalue weighted by Crippen LogP contribution is -2.45. The third-order valence-electron chi connectivity index (χ3n) is 4.50. The van der Waals surface area contributed by atoms with E-state index in [1.165, 1.54) is 0 Å². The molecule has 3 amide bonds. The molecule has 0 bridgehead atoms. The number of rotatable bonds is 4. The fraction of sp³-hybridized carbons (Fsp3) is 0.667. The standard InChI is InChI=1S/C15H20N4O4/c20-12(9-19-13(21)4-5-14(19)22)10-8-11(17-16-10)15(23)18-6-2-1-3-7-18/h11,17H,1-9H2. The summed E-state index contributed by atoms with van der Waals surface area (Å²) in [5.74, 6) is -1.06. The highest BCUT2D eigenvalue weighted by Crippen LogP contribution is 2.15. The van der Waals surface area contributed by atoms with E-state index < -0.39 is 6.04 Å². The average Bonchev–Trinajstić information content (AvgIpc) is 3.17. The second-order valence-corrected chi connectivity index (χ2v) is 6.13. The molecule has 0 aromatic rings. The zero-order valence-corrected chi connectivity index (χ0v) is 12.9. The van der Waals surface area contributed by atoms with Gasteiger partial charge in [0.05, 0.1) is 6.54 Å². The molecule has 23 heavy (non-hydrogen) atoms. The predicted octanol–water partition coefficient (Wildman–Crippen LogP) is -0.565. The lowest BCUT2D eigenvalue weighted by atomic mass is 10.1. The van der Waals surface area contributed by atoms with Crippen molar-refractivity contribution in [2.75, 3.05) is 19.6 Å². The Balaban J connectivity index is 1.54. The minimum absolute atomic E-state index is 0.0374. The van der Waals surface area contributed by atoms with Crippen molar-refractivity contribution in [1.82, 2.24) is 15.2 Å². The molecule has 2 fully saturated rings. The number of nitrogens with one attached hydrogen (secondary N) is 1. The number of likely N-dealkylation sites (tertiary alicyclic amines) is 2. The Kier molecular flexibility index (Phi) is 4.40. The number of piperidine rings is 1. The van der Waals surface area contributed by atoms with E-state index in [0.717, 1.165) is 37.3 Å². The average molecular weight is 320 g/mol. The van der Waals surface area contributed by atoms with E-state index in [4.69, 9.17) is 0 Å². The van der Waals surface area contributed by atoms with Crippen LogP contribution >= 0.6 is 0 Å². The highest BCUT2D eigenvalue weighted by Gasteiger charge is 2.35. The predicted molar refractivity (Wildman–Crippen MR) is 80.4 cm³/mol. The molecule has 8 nitrogen and oxygen atoms in total. The van der Waals surface area contributed by atoms with Crippen molar-refractivity contribution < 1.29 is 19.2 Å². The van der Waals surface area contributed by atoms with E-state index in [1.807, 2.05) is 0 Å². The van der Waals surface area contributed by atoms with E-state index in [9.17, 15) is 19.2 Å². The minimum atomic E-state index is -0.517. The van der Waals surface area contributed by atoms with Crippen LogP contribution in [-0.4, -0.2) is 64.7 Å². The maximum absolute atomic E-state index is 12.4. The first kappa shape index (κ1) is 15.6. The van der Waals surface area contributed by atoms with E-state index in [2.05, 4.69) is 10.5 Å². The number of Topliss-reactive ketones (excluding diaryl/α,β-unsaturated/α-hetero) is 1. The summed E-state index contributed by atoms with van der Waals surface area (Å²) in [5, 5.41) is 3.95. The molecule has 8 heteroatoms. The zero-order chi connectivity index (χ0) is 16.4. The second kappa shape index (κ2) is 6.47. The molecule has 2 saturated heterocycles. The molecule has 124 valence electrons. The van der Waals surface area contributed by atoms with Crippen LogP contribution in [0.1, 0.15) is 38.5 Å². The summed E-state index contributed by atoms with van der Waals surface area (Å²) in [7, 11) is 0. The Labute approximate surface area is 133 Å². The van der Waals surface area contributed by atoms with E-state index in [0.29, 0.717) is 0 Å². The van der Waals surface area contributed by atoms with Crippen LogP contribution < -0.4 is 5.43 Å². The number of hydrogen-bond acceptors (Lipinski definition) is 6. The number of carbonyl (C=O) groups is 4. The van der Waals surface area contributed by atoms with Crippen molar-refractivity contribution in [3.8, 4) is 0 Å². The molecule has 0 saturated carbocycles. The molecular formula is C15H20N4O4. The van der Waals surface area contributed by atoms with Crippen molar-refractivity contribution in [3.05, 3.63) is 0 Å². The SMILES string of the molecule is O=C(CN1C(=O)CCC1=O)C1=NNC(C(=O)N2CCCCC2)C1. The van der Waals surface area contributed by atoms with Crippen LogP contribution in [-0.2, 0) is 19.2 Å². The summed E-state index contributed by atoms with van der Waals surface area (Å²) < 4.78 is 0. The van der Waals surface area contributed by atoms with Gasteiger partial charge in [-0.1, -0.05) is 0 Å². The molecule has 0 aromatic carbocycles. The van der Waals surface area contributed by atoms with Crippen LogP contribution in [0.25, 0.3) is 0 Å². The Bertz CT molecular complexity index is 564. The maximum atomic E-state index is 12.4. The molecule has 0 radical (unpaired) electrons. The molecular weight excluding hydrogens is 300 g/mol. The fourth-order valence-corrected chi connectivity index (χ4v) is 3.13. The quantitative estimate of drug-likeness (QED) is 0.700. The molecule has 3 aliphatic heterocycles. The Morgan fingerprint density at radius 2 is 1.74 bits per heavy atom. The molecule has 1 unspecified atom stereocenters. The normalized spacial score (nSPS) is 24.7. The highest BCUT2D eigenvalue weighted by atomic mass is 16.2. The number of hydrazone groups is 1. The second-order valence-electron chi connectivity index (χ2n) is 6.13. The zero-order valence-electron chi connectivity index (χ0n) is 12.9. The van der Waals surface area contributed by atoms with Gasteiger partial charge < -0.3 is 4.90 Å². The van der Waals surface area contributed by atoms with Crippen LogP contribution in [0.2, 0.25) is 0 Å². The van der Waals surface area contributed by atoms with Gasteiger partial charge in [-0.25, -0.2) is 0 Å². The largest absolute Gasteiger partial charge is 0.341 e. The van der Waals surface area contributed by atoms with Crippen molar-refractivity contribution in [1.29, 1.82) is 0 Å². The summed E-state index contributed by atoms with van der Waals surface area (Å²) in [5.41, 5.74) is 2.95. The van der Waals surface area contributed by atoms with Gasteiger partial charge in [0.1, 0.15) is 11.8 Å². The van der Waals surface area contributed by atoms with Crippen molar-refractivity contribution in [2.45, 2.75) is 44.6 Å². The summed E-state index contributed by atoms with van der Waals surface area (Å²) in [6, 6.07) is -0.517. The van der Waals surface area contributed by atoms with Gasteiger partial charge >= 0.3 is 0 Å². The molecule has 1 atom stereocenters. The number of hydrogen-bond donors (Lipinski definition) is 1. The monoisotopic (exact) mass is 320 g/mol. The molecule has 3 rings (SSSR count). The summed E-state index contributed by atoms with van der Waals surface area (Å²) >= 11 is 0. The first-order valence-corrected chi connectivity index (χ1v) is 8.03. The third kappa shape index (κ3) is 3.25. The van der Waals surface area contributed by atoms with E-state index >= 15 is 0 Å². The Hall–Kier alpha value is -2.25. The summed E-state index contributed by atoms with van der Waals surface area (Å²) in [6.07, 6.45) is 3.68. The van der Waals surface area contributed by atoms with Gasteiger partial charge in [-0.2, -0.15) is 5.10 Å². The lowest BCUT2D eigenvalue weighted by Gasteiger charge is -2.28. The molecule has 0 spiro atoms. The van der Waals surface area contributed by atoms with Gasteiger partial charge in [-0.05, 0) is 19.3 Å². The van der Waals surface area contributed by atoms with Crippen LogP contribution in [0, 0.1) is 0 Å². The van der Waals surface area contributed by atoms with Crippen LogP contribution in [0.15, 0.2) is 5.10 Å². The first-order valence-electron chi connectivity index (χ1n) is 8.03. The van der Waals surface area contributed by atoms with Crippen molar-refractivity contribution in [2.24, 2.45) is 5.10 Å². The van der Waals surface area contributed by atoms with Crippen LogP contribution in [0.5, 0.6) is 0 Å².